The first-order valence-corrected chi connectivity index (χ1v) is 12.2. The number of allylic oxidation sites excluding steroid dienone is 1. The Morgan fingerprint density at radius 1 is 1.08 bits per heavy atom. The fourth-order valence-electron chi connectivity index (χ4n) is 4.44. The standard InChI is InChI=1S/C29H24N2O4S/c1-17-15-18(2)25-23(16-17)36-29(30-25)31-26(20-10-12-21(35-3)13-11-20)24(27(33)28(31)34)22(32)14-9-19-7-5-4-6-8-19/h4-16,26,33H,1-3H3/b14-9+. The van der Waals surface area contributed by atoms with Gasteiger partial charge in [-0.05, 0) is 60.4 Å². The molecule has 1 aliphatic heterocycles. The number of fused-ring (bicyclic) bond motifs is 1. The van der Waals surface area contributed by atoms with Gasteiger partial charge in [-0.1, -0.05) is 65.9 Å². The molecule has 0 fully saturated rings. The highest BCUT2D eigenvalue weighted by Gasteiger charge is 2.45. The van der Waals surface area contributed by atoms with Crippen molar-refractivity contribution in [2.75, 3.05) is 12.0 Å². The molecule has 1 atom stereocenters. The number of ketones is 1. The van der Waals surface area contributed by atoms with Gasteiger partial charge in [0.1, 0.15) is 5.75 Å². The van der Waals surface area contributed by atoms with E-state index in [-0.39, 0.29) is 5.57 Å². The van der Waals surface area contributed by atoms with E-state index in [9.17, 15) is 14.7 Å². The van der Waals surface area contributed by atoms with E-state index in [1.165, 1.54) is 22.3 Å². The van der Waals surface area contributed by atoms with Crippen LogP contribution in [0, 0.1) is 13.8 Å². The normalized spacial score (nSPS) is 15.9. The number of thiazole rings is 1. The lowest BCUT2D eigenvalue weighted by Gasteiger charge is -2.24. The average molecular weight is 497 g/mol. The summed E-state index contributed by atoms with van der Waals surface area (Å²) in [5.74, 6) is -1.02. The number of ether oxygens (including phenoxy) is 1. The molecular formula is C29H24N2O4S. The Balaban J connectivity index is 1.62. The summed E-state index contributed by atoms with van der Waals surface area (Å²) in [7, 11) is 1.57. The van der Waals surface area contributed by atoms with E-state index in [0.717, 1.165) is 26.9 Å². The molecule has 0 spiro atoms. The topological polar surface area (TPSA) is 79.7 Å². The Bertz CT molecular complexity index is 1540. The number of benzene rings is 3. The Labute approximate surface area is 212 Å². The van der Waals surface area contributed by atoms with Crippen LogP contribution < -0.4 is 9.64 Å². The van der Waals surface area contributed by atoms with Gasteiger partial charge in [-0.2, -0.15) is 0 Å². The van der Waals surface area contributed by atoms with Crippen LogP contribution in [0.5, 0.6) is 5.75 Å². The fraction of sp³-hybridized carbons (Fsp3) is 0.138. The number of methoxy groups -OCH3 is 1. The summed E-state index contributed by atoms with van der Waals surface area (Å²) >= 11 is 1.36. The van der Waals surface area contributed by atoms with E-state index >= 15 is 0 Å². The molecule has 0 saturated carbocycles. The van der Waals surface area contributed by atoms with Crippen LogP contribution in [0.25, 0.3) is 16.3 Å². The third-order valence-corrected chi connectivity index (χ3v) is 7.16. The zero-order valence-corrected chi connectivity index (χ0v) is 20.9. The minimum Gasteiger partial charge on any atom is -0.503 e. The molecule has 7 heteroatoms. The second-order valence-electron chi connectivity index (χ2n) is 8.65. The minimum absolute atomic E-state index is 0.0181. The lowest BCUT2D eigenvalue weighted by Crippen LogP contribution is -2.30. The second-order valence-corrected chi connectivity index (χ2v) is 9.66. The van der Waals surface area contributed by atoms with E-state index < -0.39 is 23.5 Å². The van der Waals surface area contributed by atoms with E-state index in [0.29, 0.717) is 16.4 Å². The number of carbonyl (C=O) groups is 2. The van der Waals surface area contributed by atoms with E-state index in [4.69, 9.17) is 9.72 Å². The first-order chi connectivity index (χ1) is 17.4. The maximum absolute atomic E-state index is 13.4. The van der Waals surface area contributed by atoms with Crippen LogP contribution in [-0.4, -0.2) is 28.9 Å². The molecule has 4 aromatic rings. The highest BCUT2D eigenvalue weighted by molar-refractivity contribution is 7.22. The van der Waals surface area contributed by atoms with Gasteiger partial charge in [-0.3, -0.25) is 14.5 Å². The molecule has 0 bridgehead atoms. The zero-order chi connectivity index (χ0) is 25.4. The number of aromatic nitrogens is 1. The minimum atomic E-state index is -0.835. The van der Waals surface area contributed by atoms with E-state index in [2.05, 4.69) is 0 Å². The third-order valence-electron chi connectivity index (χ3n) is 6.16. The maximum atomic E-state index is 13.4. The number of rotatable bonds is 6. The molecule has 0 radical (unpaired) electrons. The van der Waals surface area contributed by atoms with Crippen LogP contribution in [0.15, 0.2) is 84.1 Å². The van der Waals surface area contributed by atoms with Crippen LogP contribution in [0.4, 0.5) is 5.13 Å². The first kappa shape index (κ1) is 23.5. The summed E-state index contributed by atoms with van der Waals surface area (Å²) in [5.41, 5.74) is 4.41. The molecule has 1 aromatic heterocycles. The molecule has 0 saturated heterocycles. The molecule has 3 aromatic carbocycles. The summed E-state index contributed by atoms with van der Waals surface area (Å²) in [6, 6.07) is 19.7. The number of amides is 1. The second kappa shape index (κ2) is 9.43. The summed E-state index contributed by atoms with van der Waals surface area (Å²) in [5, 5.41) is 11.4. The molecule has 36 heavy (non-hydrogen) atoms. The number of aryl methyl sites for hydroxylation is 2. The van der Waals surface area contributed by atoms with Crippen LogP contribution in [0.2, 0.25) is 0 Å². The van der Waals surface area contributed by atoms with Crippen molar-refractivity contribution in [1.29, 1.82) is 0 Å². The maximum Gasteiger partial charge on any atom is 0.296 e. The Kier molecular flexibility index (Phi) is 6.16. The highest BCUT2D eigenvalue weighted by Crippen LogP contribution is 2.44. The van der Waals surface area contributed by atoms with Gasteiger partial charge in [0.25, 0.3) is 5.91 Å². The number of carbonyl (C=O) groups excluding carboxylic acids is 2. The smallest absolute Gasteiger partial charge is 0.296 e. The number of hydrogen-bond donors (Lipinski definition) is 1. The summed E-state index contributed by atoms with van der Waals surface area (Å²) < 4.78 is 6.22. The molecule has 0 aliphatic carbocycles. The van der Waals surface area contributed by atoms with Crippen molar-refractivity contribution in [3.63, 3.8) is 0 Å². The van der Waals surface area contributed by atoms with Gasteiger partial charge < -0.3 is 9.84 Å². The Hall–Kier alpha value is -4.23. The lowest BCUT2D eigenvalue weighted by atomic mass is 9.95. The predicted molar refractivity (Wildman–Crippen MR) is 142 cm³/mol. The van der Waals surface area contributed by atoms with E-state index in [1.807, 2.05) is 56.3 Å². The Morgan fingerprint density at radius 3 is 2.50 bits per heavy atom. The van der Waals surface area contributed by atoms with Crippen LogP contribution >= 0.6 is 11.3 Å². The lowest BCUT2D eigenvalue weighted by molar-refractivity contribution is -0.117. The van der Waals surface area contributed by atoms with Gasteiger partial charge in [0.15, 0.2) is 16.7 Å². The fourth-order valence-corrected chi connectivity index (χ4v) is 5.61. The van der Waals surface area contributed by atoms with Crippen LogP contribution in [0.3, 0.4) is 0 Å². The average Bonchev–Trinajstić information content (AvgIpc) is 3.42. The van der Waals surface area contributed by atoms with Crippen molar-refractivity contribution in [1.82, 2.24) is 4.98 Å². The number of aliphatic hydroxyl groups is 1. The first-order valence-electron chi connectivity index (χ1n) is 11.4. The van der Waals surface area contributed by atoms with Crippen molar-refractivity contribution < 1.29 is 19.4 Å². The number of anilines is 1. The molecule has 2 heterocycles. The SMILES string of the molecule is COc1ccc(C2C(C(=O)/C=C/c3ccccc3)=C(O)C(=O)N2c2nc3c(C)cc(C)cc3s2)cc1. The molecule has 1 amide bonds. The number of aliphatic hydroxyl groups excluding tert-OH is 1. The molecule has 180 valence electrons. The quantitative estimate of drug-likeness (QED) is 0.326. The Morgan fingerprint density at radius 2 is 1.81 bits per heavy atom. The largest absolute Gasteiger partial charge is 0.503 e. The highest BCUT2D eigenvalue weighted by atomic mass is 32.1. The predicted octanol–water partition coefficient (Wildman–Crippen LogP) is 6.10. The van der Waals surface area contributed by atoms with Crippen molar-refractivity contribution in [2.45, 2.75) is 19.9 Å². The monoisotopic (exact) mass is 496 g/mol. The number of hydrogen-bond acceptors (Lipinski definition) is 6. The van der Waals surface area contributed by atoms with Crippen molar-refractivity contribution in [3.05, 3.63) is 106 Å². The molecule has 1 unspecified atom stereocenters. The van der Waals surface area contributed by atoms with Gasteiger partial charge in [0, 0.05) is 0 Å². The molecule has 6 nitrogen and oxygen atoms in total. The summed E-state index contributed by atoms with van der Waals surface area (Å²) in [4.78, 5) is 33.0. The van der Waals surface area contributed by atoms with Gasteiger partial charge in [0.05, 0.1) is 28.9 Å². The molecule has 1 N–H and O–H groups in total. The van der Waals surface area contributed by atoms with Crippen LogP contribution in [0.1, 0.15) is 28.3 Å². The van der Waals surface area contributed by atoms with E-state index in [1.54, 1.807) is 37.5 Å². The van der Waals surface area contributed by atoms with Crippen molar-refractivity contribution in [2.24, 2.45) is 0 Å². The zero-order valence-electron chi connectivity index (χ0n) is 20.1. The summed E-state index contributed by atoms with van der Waals surface area (Å²) in [6.07, 6.45) is 3.06. The van der Waals surface area contributed by atoms with Gasteiger partial charge in [-0.25, -0.2) is 4.98 Å². The molecule has 5 rings (SSSR count). The molecule has 1 aliphatic rings. The van der Waals surface area contributed by atoms with Gasteiger partial charge in [-0.15, -0.1) is 0 Å². The summed E-state index contributed by atoms with van der Waals surface area (Å²) in [6.45, 7) is 3.99. The van der Waals surface area contributed by atoms with Crippen LogP contribution in [-0.2, 0) is 9.59 Å². The molecular weight excluding hydrogens is 472 g/mol. The van der Waals surface area contributed by atoms with Gasteiger partial charge in [0.2, 0.25) is 0 Å². The van der Waals surface area contributed by atoms with Gasteiger partial charge >= 0.3 is 0 Å². The van der Waals surface area contributed by atoms with Crippen molar-refractivity contribution in [3.8, 4) is 5.75 Å². The van der Waals surface area contributed by atoms with Crippen molar-refractivity contribution >= 4 is 44.5 Å². The third kappa shape index (κ3) is 4.18. The number of nitrogens with zero attached hydrogens (tertiary/aromatic N) is 2.